The molecule has 0 saturated carbocycles. The van der Waals surface area contributed by atoms with Gasteiger partial charge in [-0.25, -0.2) is 0 Å². The Labute approximate surface area is 323 Å². The number of anilines is 3. The van der Waals surface area contributed by atoms with Gasteiger partial charge in [0.25, 0.3) is 0 Å². The molecule has 9 aromatic carbocycles. The zero-order valence-electron chi connectivity index (χ0n) is 42.2. The Morgan fingerprint density at radius 1 is 0.423 bits per heavy atom. The maximum atomic E-state index is 9.70. The van der Waals surface area contributed by atoms with Crippen LogP contribution in [0.2, 0.25) is 0 Å². The second-order valence-electron chi connectivity index (χ2n) is 12.1. The van der Waals surface area contributed by atoms with Crippen LogP contribution in [0.5, 0.6) is 0 Å². The van der Waals surface area contributed by atoms with Crippen molar-refractivity contribution in [3.05, 3.63) is 200 Å². The van der Waals surface area contributed by atoms with E-state index < -0.39 is 124 Å². The molecule has 0 aliphatic carbocycles. The molecule has 0 saturated heterocycles. The van der Waals surface area contributed by atoms with E-state index in [0.29, 0.717) is 27.5 Å². The Morgan fingerprint density at radius 3 is 1.92 bits per heavy atom. The number of rotatable bonds is 6. The molecular formula is C50H33NO. The first-order valence-corrected chi connectivity index (χ1v) is 16.5. The minimum absolute atomic E-state index is 0.0201. The van der Waals surface area contributed by atoms with Gasteiger partial charge in [-0.3, -0.25) is 0 Å². The largest absolute Gasteiger partial charge is 0.455 e. The highest BCUT2D eigenvalue weighted by Crippen LogP contribution is 2.45. The smallest absolute Gasteiger partial charge is 0.143 e. The van der Waals surface area contributed by atoms with Crippen molar-refractivity contribution in [2.45, 2.75) is 0 Å². The van der Waals surface area contributed by atoms with E-state index in [4.69, 9.17) is 14.0 Å². The molecule has 0 amide bonds. The second kappa shape index (κ2) is 12.5. The molecule has 0 radical (unpaired) electrons. The highest BCUT2D eigenvalue weighted by atomic mass is 16.3. The van der Waals surface area contributed by atoms with Crippen molar-refractivity contribution in [1.29, 1.82) is 0 Å². The lowest BCUT2D eigenvalue weighted by Crippen LogP contribution is -2.10. The van der Waals surface area contributed by atoms with Crippen molar-refractivity contribution in [2.75, 3.05) is 4.90 Å². The van der Waals surface area contributed by atoms with Crippen LogP contribution in [-0.2, 0) is 0 Å². The number of hydrogen-bond acceptors (Lipinski definition) is 2. The summed E-state index contributed by atoms with van der Waals surface area (Å²) in [5.74, 6) is 0. The lowest BCUT2D eigenvalue weighted by atomic mass is 9.97. The van der Waals surface area contributed by atoms with E-state index in [0.717, 1.165) is 26.8 Å². The molecule has 0 bridgehead atoms. The van der Waals surface area contributed by atoms with Crippen LogP contribution < -0.4 is 4.90 Å². The van der Waals surface area contributed by atoms with Gasteiger partial charge in [0.2, 0.25) is 0 Å². The summed E-state index contributed by atoms with van der Waals surface area (Å²) in [5.41, 5.74) is 0.897. The number of nitrogens with zero attached hydrogens (tertiary/aromatic N) is 1. The number of fused-ring (bicyclic) bond motifs is 6. The minimum Gasteiger partial charge on any atom is -0.455 e. The van der Waals surface area contributed by atoms with E-state index in [9.17, 15) is 11.0 Å². The molecule has 2 heteroatoms. The van der Waals surface area contributed by atoms with Crippen LogP contribution in [0, 0.1) is 0 Å². The first-order valence-electron chi connectivity index (χ1n) is 24.0. The van der Waals surface area contributed by atoms with E-state index in [1.165, 1.54) is 0 Å². The van der Waals surface area contributed by atoms with Gasteiger partial charge in [0.1, 0.15) is 11.2 Å². The molecule has 1 heterocycles. The zero-order valence-corrected chi connectivity index (χ0v) is 27.2. The molecule has 0 unspecified atom stereocenters. The van der Waals surface area contributed by atoms with E-state index in [2.05, 4.69) is 0 Å². The third-order valence-electron chi connectivity index (χ3n) is 9.10. The topological polar surface area (TPSA) is 16.4 Å². The Morgan fingerprint density at radius 2 is 1.10 bits per heavy atom. The summed E-state index contributed by atoms with van der Waals surface area (Å²) in [4.78, 5) is 1.16. The lowest BCUT2D eigenvalue weighted by molar-refractivity contribution is 0.672. The van der Waals surface area contributed by atoms with Crippen molar-refractivity contribution in [3.63, 3.8) is 0 Å². The van der Waals surface area contributed by atoms with Crippen LogP contribution in [0.4, 0.5) is 17.1 Å². The zero-order chi connectivity index (χ0) is 47.5. The molecule has 52 heavy (non-hydrogen) atoms. The van der Waals surface area contributed by atoms with Crippen molar-refractivity contribution < 1.29 is 25.0 Å². The van der Waals surface area contributed by atoms with Crippen LogP contribution in [-0.4, -0.2) is 0 Å². The third kappa shape index (κ3) is 5.12. The average molecular weight is 679 g/mol. The fourth-order valence-corrected chi connectivity index (χ4v) is 6.66. The van der Waals surface area contributed by atoms with Gasteiger partial charge < -0.3 is 9.32 Å². The predicted octanol–water partition coefficient (Wildman–Crippen LogP) is 14.4. The summed E-state index contributed by atoms with van der Waals surface area (Å²) < 4.78 is 144. The summed E-state index contributed by atoms with van der Waals surface area (Å²) in [6.45, 7) is 0. The Bertz CT molecular complexity index is 3710. The van der Waals surface area contributed by atoms with Gasteiger partial charge in [-0.05, 0) is 98.0 Å². The van der Waals surface area contributed by atoms with Gasteiger partial charge in [0.05, 0.1) is 31.6 Å². The molecule has 0 N–H and O–H groups in total. The van der Waals surface area contributed by atoms with E-state index in [-0.39, 0.29) is 11.3 Å². The van der Waals surface area contributed by atoms with E-state index >= 15 is 0 Å². The molecule has 0 aliphatic heterocycles. The molecular weight excluding hydrogens is 631 g/mol. The molecule has 1 aromatic heterocycles. The van der Waals surface area contributed by atoms with Crippen molar-refractivity contribution in [2.24, 2.45) is 0 Å². The van der Waals surface area contributed by atoms with Crippen LogP contribution in [0.25, 0.3) is 76.9 Å². The average Bonchev–Trinajstić information content (AvgIpc) is 3.73. The van der Waals surface area contributed by atoms with Crippen molar-refractivity contribution in [1.82, 2.24) is 0 Å². The van der Waals surface area contributed by atoms with Crippen LogP contribution in [0.3, 0.4) is 0 Å². The van der Waals surface area contributed by atoms with E-state index in [1.807, 2.05) is 72.8 Å². The van der Waals surface area contributed by atoms with Crippen LogP contribution >= 0.6 is 0 Å². The van der Waals surface area contributed by atoms with E-state index in [1.54, 1.807) is 36.4 Å². The van der Waals surface area contributed by atoms with Crippen LogP contribution in [0.1, 0.15) is 20.6 Å². The van der Waals surface area contributed by atoms with Gasteiger partial charge in [-0.1, -0.05) is 151 Å². The Kier molecular flexibility index (Phi) is 4.40. The molecule has 0 aliphatic rings. The lowest BCUT2D eigenvalue weighted by Gasteiger charge is -2.27. The maximum absolute atomic E-state index is 9.70. The quantitative estimate of drug-likeness (QED) is 0.174. The highest BCUT2D eigenvalue weighted by molar-refractivity contribution is 6.19. The Balaban J connectivity index is 1.31. The Hall–Kier alpha value is -6.90. The van der Waals surface area contributed by atoms with Crippen molar-refractivity contribution in [3.8, 4) is 33.4 Å². The second-order valence-corrected chi connectivity index (χ2v) is 12.1. The minimum atomic E-state index is -0.805. The standard InChI is InChI=1S/C50H33NO/c1-2-11-34(12-3-1)39-16-8-17-40(33-39)35-23-28-41(29-24-35)51(42-30-25-38(26-31-42)44-20-9-15-36-13-4-6-18-43(36)44)47-21-10-22-48-49(47)46-32-27-37-14-5-7-19-45(37)50(46)52-48/h1-33H/i4D,6D,9D,13D,15D,18D,20D,23D,24D,25D,26D,28D,29D,30D,31D. The number of hydrogen-bond donors (Lipinski definition) is 0. The summed E-state index contributed by atoms with van der Waals surface area (Å²) in [5, 5.41) is 1.71. The number of benzene rings is 9. The van der Waals surface area contributed by atoms with Gasteiger partial charge in [-0.2, -0.15) is 0 Å². The first-order chi connectivity index (χ1) is 32.0. The third-order valence-corrected chi connectivity index (χ3v) is 9.10. The summed E-state index contributed by atoms with van der Waals surface area (Å²) in [7, 11) is 0. The predicted molar refractivity (Wildman–Crippen MR) is 220 cm³/mol. The fraction of sp³-hybridized carbons (Fsp3) is 0. The molecule has 0 fully saturated rings. The number of furan rings is 1. The SMILES string of the molecule is [2H]c1c([2H])c(N(c2c([2H])c([2H])c(-c3c([2H])c([2H])c([2H])c4c([2H])c([2H])c([2H])c([2H])c34)c([2H])c2[2H])c2cccc3oc4c5ccccc5ccc4c23)c([2H])c([2H])c1-c1cccc(-c2ccccc2)c1. The molecule has 10 aromatic rings. The first kappa shape index (κ1) is 18.4. The fourth-order valence-electron chi connectivity index (χ4n) is 6.66. The molecule has 10 rings (SSSR count). The monoisotopic (exact) mass is 678 g/mol. The molecule has 0 spiro atoms. The molecule has 244 valence electrons. The molecule has 2 nitrogen and oxygen atoms in total. The normalized spacial score (nSPS) is 15.5. The van der Waals surface area contributed by atoms with Gasteiger partial charge in [-0.15, -0.1) is 0 Å². The van der Waals surface area contributed by atoms with Gasteiger partial charge in [0, 0.05) is 22.1 Å². The summed E-state index contributed by atoms with van der Waals surface area (Å²) >= 11 is 0. The van der Waals surface area contributed by atoms with Gasteiger partial charge in [0.15, 0.2) is 0 Å². The maximum Gasteiger partial charge on any atom is 0.143 e. The van der Waals surface area contributed by atoms with Crippen LogP contribution in [0.15, 0.2) is 204 Å². The highest BCUT2D eigenvalue weighted by Gasteiger charge is 2.20. The summed E-state index contributed by atoms with van der Waals surface area (Å²) in [6, 6.07) is 22.4. The van der Waals surface area contributed by atoms with Crippen molar-refractivity contribution >= 4 is 60.5 Å². The van der Waals surface area contributed by atoms with Gasteiger partial charge >= 0.3 is 0 Å². The molecule has 0 atom stereocenters. The summed E-state index contributed by atoms with van der Waals surface area (Å²) in [6.07, 6.45) is 0.